The fraction of sp³-hybridized carbons (Fsp3) is 0.714. The van der Waals surface area contributed by atoms with Crippen LogP contribution in [0.25, 0.3) is 0 Å². The van der Waals surface area contributed by atoms with Crippen LogP contribution < -0.4 is 5.32 Å². The minimum Gasteiger partial charge on any atom is -0.475 e. The number of hydrogen-bond acceptors (Lipinski definition) is 4. The van der Waals surface area contributed by atoms with Gasteiger partial charge in [0.2, 0.25) is 0 Å². The van der Waals surface area contributed by atoms with Crippen molar-refractivity contribution in [2.45, 2.75) is 12.6 Å². The molecule has 1 aliphatic rings. The summed E-state index contributed by atoms with van der Waals surface area (Å²) in [5, 5.41) is 13.9. The van der Waals surface area contributed by atoms with Crippen molar-refractivity contribution in [3.8, 4) is 0 Å². The van der Waals surface area contributed by atoms with Gasteiger partial charge in [-0.05, 0) is 7.05 Å². The van der Waals surface area contributed by atoms with E-state index in [1.54, 1.807) is 0 Å². The van der Waals surface area contributed by atoms with Gasteiger partial charge in [-0.3, -0.25) is 0 Å². The number of nitrogens with zero attached hydrogens (tertiary/aromatic N) is 1. The molecule has 0 saturated carbocycles. The lowest BCUT2D eigenvalue weighted by molar-refractivity contribution is -0.192. The summed E-state index contributed by atoms with van der Waals surface area (Å²) in [4.78, 5) is 13.7. The molecule has 8 heteroatoms. The minimum atomic E-state index is -5.08. The van der Waals surface area contributed by atoms with E-state index in [0.29, 0.717) is 0 Å². The molecule has 0 aromatic carbocycles. The highest BCUT2D eigenvalue weighted by atomic mass is 19.4. The van der Waals surface area contributed by atoms with Crippen molar-refractivity contribution in [2.75, 3.05) is 20.2 Å². The molecule has 0 saturated heterocycles. The second-order valence-electron chi connectivity index (χ2n) is 2.57. The molecule has 0 atom stereocenters. The van der Waals surface area contributed by atoms with Crippen LogP contribution in [-0.4, -0.2) is 43.2 Å². The number of carboxylic acids is 1. The summed E-state index contributed by atoms with van der Waals surface area (Å²) in [6, 6.07) is 0. The fourth-order valence-electron chi connectivity index (χ4n) is 0.671. The maximum atomic E-state index is 10.6. The van der Waals surface area contributed by atoms with Crippen molar-refractivity contribution in [3.05, 3.63) is 0 Å². The average molecular weight is 228 g/mol. The monoisotopic (exact) mass is 228 g/mol. The molecule has 5 nitrogen and oxygen atoms in total. The van der Waals surface area contributed by atoms with Crippen LogP contribution in [0, 0.1) is 0 Å². The average Bonchev–Trinajstić information content (AvgIpc) is 2.57. The number of alkyl halides is 3. The Labute approximate surface area is 83.9 Å². The van der Waals surface area contributed by atoms with E-state index in [2.05, 4.69) is 10.5 Å². The molecule has 1 rings (SSSR count). The quantitative estimate of drug-likeness (QED) is 0.726. The second kappa shape index (κ2) is 6.23. The molecular formula is C7H11F3N2O3. The Morgan fingerprint density at radius 2 is 2.20 bits per heavy atom. The lowest BCUT2D eigenvalue weighted by Crippen LogP contribution is -2.21. The molecule has 15 heavy (non-hydrogen) atoms. The highest BCUT2D eigenvalue weighted by Crippen LogP contribution is 2.13. The topological polar surface area (TPSA) is 70.9 Å². The van der Waals surface area contributed by atoms with E-state index in [9.17, 15) is 13.2 Å². The Morgan fingerprint density at radius 3 is 2.47 bits per heavy atom. The van der Waals surface area contributed by atoms with Gasteiger partial charge in [0.05, 0.1) is 5.71 Å². The first kappa shape index (κ1) is 13.7. The highest BCUT2D eigenvalue weighted by Gasteiger charge is 2.38. The summed E-state index contributed by atoms with van der Waals surface area (Å²) < 4.78 is 31.7. The predicted molar refractivity (Wildman–Crippen MR) is 45.6 cm³/mol. The van der Waals surface area contributed by atoms with E-state index in [1.807, 2.05) is 7.05 Å². The Morgan fingerprint density at radius 1 is 1.67 bits per heavy atom. The standard InChI is InChI=1S/C5H10N2O.C2HF3O2/c1-6-4-5-2-3-8-7-5;3-2(4,5)1(6)7/h6H,2-4H2,1H3;(H,6,7). The molecule has 0 unspecified atom stereocenters. The maximum Gasteiger partial charge on any atom is 0.490 e. The van der Waals surface area contributed by atoms with Crippen LogP contribution in [-0.2, 0) is 9.63 Å². The van der Waals surface area contributed by atoms with Crippen molar-refractivity contribution in [1.82, 2.24) is 5.32 Å². The molecule has 88 valence electrons. The Balaban J connectivity index is 0.000000265. The number of hydrogen-bond donors (Lipinski definition) is 2. The number of carbonyl (C=O) groups is 1. The van der Waals surface area contributed by atoms with Gasteiger partial charge in [0, 0.05) is 13.0 Å². The molecule has 0 fully saturated rings. The summed E-state index contributed by atoms with van der Waals surface area (Å²) in [5.74, 6) is -2.76. The van der Waals surface area contributed by atoms with Gasteiger partial charge in [-0.1, -0.05) is 5.16 Å². The molecule has 2 N–H and O–H groups in total. The van der Waals surface area contributed by atoms with Crippen LogP contribution in [0.4, 0.5) is 13.2 Å². The maximum absolute atomic E-state index is 10.6. The Kier molecular flexibility index (Phi) is 5.68. The third-order valence-corrected chi connectivity index (χ3v) is 1.30. The van der Waals surface area contributed by atoms with Gasteiger partial charge >= 0.3 is 12.1 Å². The highest BCUT2D eigenvalue weighted by molar-refractivity contribution is 5.86. The van der Waals surface area contributed by atoms with Gasteiger partial charge in [-0.25, -0.2) is 4.79 Å². The number of oxime groups is 1. The first-order valence-electron chi connectivity index (χ1n) is 4.00. The van der Waals surface area contributed by atoms with Gasteiger partial charge in [0.1, 0.15) is 6.61 Å². The molecule has 0 spiro atoms. The van der Waals surface area contributed by atoms with Crippen LogP contribution >= 0.6 is 0 Å². The molecule has 0 aromatic heterocycles. The normalized spacial score (nSPS) is 14.8. The van der Waals surface area contributed by atoms with Gasteiger partial charge in [0.15, 0.2) is 0 Å². The van der Waals surface area contributed by atoms with Gasteiger partial charge in [-0.15, -0.1) is 0 Å². The zero-order valence-corrected chi connectivity index (χ0v) is 7.97. The lowest BCUT2D eigenvalue weighted by atomic mass is 10.3. The van der Waals surface area contributed by atoms with Gasteiger partial charge in [-0.2, -0.15) is 13.2 Å². The van der Waals surface area contributed by atoms with Crippen molar-refractivity contribution in [2.24, 2.45) is 5.16 Å². The van der Waals surface area contributed by atoms with Crippen LogP contribution in [0.5, 0.6) is 0 Å². The van der Waals surface area contributed by atoms with E-state index in [0.717, 1.165) is 25.3 Å². The molecule has 0 amide bonds. The van der Waals surface area contributed by atoms with Gasteiger partial charge in [0.25, 0.3) is 0 Å². The number of nitrogens with one attached hydrogen (secondary N) is 1. The zero-order chi connectivity index (χ0) is 11.9. The van der Waals surface area contributed by atoms with Crippen molar-refractivity contribution in [3.63, 3.8) is 0 Å². The first-order valence-corrected chi connectivity index (χ1v) is 4.00. The molecule has 0 aromatic rings. The predicted octanol–water partition coefficient (Wildman–Crippen LogP) is 0.615. The van der Waals surface area contributed by atoms with E-state index >= 15 is 0 Å². The lowest BCUT2D eigenvalue weighted by Gasteiger charge is -1.93. The van der Waals surface area contributed by atoms with Crippen LogP contribution in [0.1, 0.15) is 6.42 Å². The zero-order valence-electron chi connectivity index (χ0n) is 7.97. The molecule has 0 bridgehead atoms. The fourth-order valence-corrected chi connectivity index (χ4v) is 0.671. The van der Waals surface area contributed by atoms with Crippen LogP contribution in [0.3, 0.4) is 0 Å². The molecule has 0 radical (unpaired) electrons. The summed E-state index contributed by atoms with van der Waals surface area (Å²) in [6.45, 7) is 1.62. The van der Waals surface area contributed by atoms with Crippen LogP contribution in [0.15, 0.2) is 5.16 Å². The first-order chi connectivity index (χ1) is 6.88. The van der Waals surface area contributed by atoms with Gasteiger partial charge < -0.3 is 15.3 Å². The number of halogens is 3. The van der Waals surface area contributed by atoms with Crippen molar-refractivity contribution >= 4 is 11.7 Å². The smallest absolute Gasteiger partial charge is 0.475 e. The summed E-state index contributed by atoms with van der Waals surface area (Å²) in [7, 11) is 1.90. The molecule has 1 heterocycles. The van der Waals surface area contributed by atoms with Crippen molar-refractivity contribution in [1.29, 1.82) is 0 Å². The SMILES string of the molecule is CNCC1=NOCC1.O=C(O)C(F)(F)F. The summed E-state index contributed by atoms with van der Waals surface area (Å²) in [5.41, 5.74) is 1.12. The largest absolute Gasteiger partial charge is 0.490 e. The van der Waals surface area contributed by atoms with Crippen molar-refractivity contribution < 1.29 is 27.9 Å². The molecular weight excluding hydrogens is 217 g/mol. The third-order valence-electron chi connectivity index (χ3n) is 1.30. The van der Waals surface area contributed by atoms with Crippen LogP contribution in [0.2, 0.25) is 0 Å². The number of aliphatic carboxylic acids is 1. The number of carboxylic acid groups (broad SMARTS) is 1. The summed E-state index contributed by atoms with van der Waals surface area (Å²) >= 11 is 0. The summed E-state index contributed by atoms with van der Waals surface area (Å²) in [6.07, 6.45) is -4.10. The number of rotatable bonds is 2. The second-order valence-corrected chi connectivity index (χ2v) is 2.57. The van der Waals surface area contributed by atoms with E-state index in [-0.39, 0.29) is 0 Å². The molecule has 0 aliphatic carbocycles. The minimum absolute atomic E-state index is 0.761. The Bertz CT molecular complexity index is 240. The Hall–Kier alpha value is -1.31. The van der Waals surface area contributed by atoms with E-state index in [1.165, 1.54) is 0 Å². The van der Waals surface area contributed by atoms with E-state index in [4.69, 9.17) is 14.7 Å². The molecule has 1 aliphatic heterocycles. The van der Waals surface area contributed by atoms with E-state index < -0.39 is 12.1 Å². The third kappa shape index (κ3) is 6.72.